The van der Waals surface area contributed by atoms with Crippen molar-refractivity contribution >= 4 is 44.8 Å². The van der Waals surface area contributed by atoms with Crippen molar-refractivity contribution in [3.63, 3.8) is 0 Å². The maximum Gasteiger partial charge on any atom is 0.316 e. The van der Waals surface area contributed by atoms with Crippen molar-refractivity contribution in [3.05, 3.63) is 64.2 Å². The summed E-state index contributed by atoms with van der Waals surface area (Å²) in [4.78, 5) is 17.8. The van der Waals surface area contributed by atoms with E-state index in [1.165, 1.54) is 22.7 Å². The summed E-state index contributed by atoms with van der Waals surface area (Å²) in [5.41, 5.74) is 3.25. The van der Waals surface area contributed by atoms with Crippen LogP contribution in [0, 0.1) is 20.8 Å². The van der Waals surface area contributed by atoms with Gasteiger partial charge in [-0.25, -0.2) is 13.4 Å². The van der Waals surface area contributed by atoms with Gasteiger partial charge in [0.05, 0.1) is 22.7 Å². The van der Waals surface area contributed by atoms with Crippen LogP contribution < -0.4 is 9.04 Å². The molecule has 0 bridgehead atoms. The van der Waals surface area contributed by atoms with Crippen LogP contribution in [0.5, 0.6) is 5.75 Å². The van der Waals surface area contributed by atoms with Crippen molar-refractivity contribution in [3.8, 4) is 5.75 Å². The standard InChI is InChI=1S/C22H24N2O4S3/c1-14-6-11-19(12-15(14)2)31(26,27)24(4)17-7-9-18(10-8-17)28-21(25)13-20-16(3)23-22(29-5)30-20/h6-12H,13H2,1-5H3. The van der Waals surface area contributed by atoms with Crippen LogP contribution in [0.4, 0.5) is 5.69 Å². The second-order valence-electron chi connectivity index (χ2n) is 7.06. The molecule has 0 aliphatic carbocycles. The smallest absolute Gasteiger partial charge is 0.316 e. The van der Waals surface area contributed by atoms with Gasteiger partial charge in [-0.3, -0.25) is 9.10 Å². The summed E-state index contributed by atoms with van der Waals surface area (Å²) < 4.78 is 33.5. The second-order valence-corrected chi connectivity index (χ2v) is 11.2. The van der Waals surface area contributed by atoms with E-state index < -0.39 is 10.0 Å². The average Bonchev–Trinajstić information content (AvgIpc) is 3.09. The highest BCUT2D eigenvalue weighted by Crippen LogP contribution is 2.27. The molecule has 164 valence electrons. The highest BCUT2D eigenvalue weighted by atomic mass is 32.2. The van der Waals surface area contributed by atoms with Crippen molar-refractivity contribution < 1.29 is 17.9 Å². The molecule has 0 aliphatic rings. The van der Waals surface area contributed by atoms with Crippen LogP contribution in [-0.4, -0.2) is 32.7 Å². The number of thiazole rings is 1. The number of thioether (sulfide) groups is 1. The Bertz CT molecular complexity index is 1200. The summed E-state index contributed by atoms with van der Waals surface area (Å²) in [6, 6.07) is 11.5. The van der Waals surface area contributed by atoms with Gasteiger partial charge in [0.2, 0.25) is 0 Å². The molecule has 1 aromatic heterocycles. The molecular formula is C22H24N2O4S3. The van der Waals surface area contributed by atoms with Crippen LogP contribution in [-0.2, 0) is 21.2 Å². The first-order valence-corrected chi connectivity index (χ1v) is 13.0. The Balaban J connectivity index is 1.70. The summed E-state index contributed by atoms with van der Waals surface area (Å²) in [6.07, 6.45) is 2.09. The number of esters is 1. The summed E-state index contributed by atoms with van der Waals surface area (Å²) in [6.45, 7) is 5.69. The predicted molar refractivity (Wildman–Crippen MR) is 126 cm³/mol. The highest BCUT2D eigenvalue weighted by molar-refractivity contribution is 8.00. The number of rotatable bonds is 7. The normalized spacial score (nSPS) is 11.4. The van der Waals surface area contributed by atoms with Crippen LogP contribution in [0.1, 0.15) is 21.7 Å². The van der Waals surface area contributed by atoms with E-state index >= 15 is 0 Å². The van der Waals surface area contributed by atoms with Crippen LogP contribution in [0.25, 0.3) is 0 Å². The van der Waals surface area contributed by atoms with Crippen molar-refractivity contribution in [1.29, 1.82) is 0 Å². The molecule has 1 heterocycles. The van der Waals surface area contributed by atoms with Gasteiger partial charge in [-0.05, 0) is 74.6 Å². The summed E-state index contributed by atoms with van der Waals surface area (Å²) in [7, 11) is -2.19. The van der Waals surface area contributed by atoms with Crippen LogP contribution in [0.2, 0.25) is 0 Å². The van der Waals surface area contributed by atoms with E-state index in [-0.39, 0.29) is 17.3 Å². The Morgan fingerprint density at radius 1 is 1.10 bits per heavy atom. The topological polar surface area (TPSA) is 76.6 Å². The molecule has 0 saturated heterocycles. The molecule has 0 N–H and O–H groups in total. The van der Waals surface area contributed by atoms with Gasteiger partial charge in [0.1, 0.15) is 10.1 Å². The van der Waals surface area contributed by atoms with Crippen LogP contribution in [0.15, 0.2) is 51.7 Å². The zero-order valence-corrected chi connectivity index (χ0v) is 20.5. The minimum absolute atomic E-state index is 0.146. The number of aromatic nitrogens is 1. The number of hydrogen-bond donors (Lipinski definition) is 0. The van der Waals surface area contributed by atoms with Gasteiger partial charge >= 0.3 is 5.97 Å². The minimum atomic E-state index is -3.69. The number of ether oxygens (including phenoxy) is 1. The molecule has 0 amide bonds. The van der Waals surface area contributed by atoms with Gasteiger partial charge in [-0.2, -0.15) is 0 Å². The minimum Gasteiger partial charge on any atom is -0.426 e. The largest absolute Gasteiger partial charge is 0.426 e. The fourth-order valence-corrected chi connectivity index (χ4v) is 5.77. The lowest BCUT2D eigenvalue weighted by atomic mass is 10.1. The second kappa shape index (κ2) is 9.42. The van der Waals surface area contributed by atoms with Gasteiger partial charge in [-0.15, -0.1) is 11.3 Å². The molecule has 2 aromatic carbocycles. The Kier molecular flexibility index (Phi) is 7.08. The highest BCUT2D eigenvalue weighted by Gasteiger charge is 2.22. The molecule has 0 saturated carbocycles. The molecule has 3 rings (SSSR count). The lowest BCUT2D eigenvalue weighted by molar-refractivity contribution is -0.133. The molecule has 9 heteroatoms. The SMILES string of the molecule is CSc1nc(C)c(CC(=O)Oc2ccc(N(C)S(=O)(=O)c3ccc(C)c(C)c3)cc2)s1. The third kappa shape index (κ3) is 5.28. The third-order valence-electron chi connectivity index (χ3n) is 4.92. The van der Waals surface area contributed by atoms with Crippen molar-refractivity contribution in [2.45, 2.75) is 36.4 Å². The molecule has 3 aromatic rings. The molecule has 0 atom stereocenters. The number of carbonyl (C=O) groups is 1. The molecule has 0 radical (unpaired) electrons. The number of sulfonamides is 1. The van der Waals surface area contributed by atoms with Crippen LogP contribution >= 0.6 is 23.1 Å². The summed E-state index contributed by atoms with van der Waals surface area (Å²) >= 11 is 3.03. The fourth-order valence-electron chi connectivity index (χ4n) is 2.85. The van der Waals surface area contributed by atoms with Crippen molar-refractivity contribution in [1.82, 2.24) is 4.98 Å². The van der Waals surface area contributed by atoms with E-state index in [4.69, 9.17) is 4.74 Å². The van der Waals surface area contributed by atoms with E-state index in [9.17, 15) is 13.2 Å². The maximum atomic E-state index is 13.0. The third-order valence-corrected chi connectivity index (χ3v) is 8.85. The van der Waals surface area contributed by atoms with E-state index in [1.807, 2.05) is 27.0 Å². The number of aryl methyl sites for hydroxylation is 3. The molecule has 0 unspecified atom stereocenters. The Labute approximate surface area is 191 Å². The molecule has 0 aliphatic heterocycles. The molecule has 0 fully saturated rings. The van der Waals surface area contributed by atoms with Gasteiger partial charge in [0, 0.05) is 11.9 Å². The molecule has 0 spiro atoms. The number of benzene rings is 2. The molecular weight excluding hydrogens is 452 g/mol. The number of anilines is 1. The lowest BCUT2D eigenvalue weighted by Gasteiger charge is -2.20. The Morgan fingerprint density at radius 2 is 1.77 bits per heavy atom. The first-order chi connectivity index (χ1) is 14.6. The van der Waals surface area contributed by atoms with E-state index in [0.717, 1.165) is 26.0 Å². The van der Waals surface area contributed by atoms with Gasteiger partial charge < -0.3 is 4.74 Å². The lowest BCUT2D eigenvalue weighted by Crippen LogP contribution is -2.26. The van der Waals surface area contributed by atoms with Gasteiger partial charge in [0.25, 0.3) is 10.0 Å². The molecule has 6 nitrogen and oxygen atoms in total. The van der Waals surface area contributed by atoms with E-state index in [0.29, 0.717) is 11.4 Å². The predicted octanol–water partition coefficient (Wildman–Crippen LogP) is 4.76. The summed E-state index contributed by atoms with van der Waals surface area (Å²) in [5, 5.41) is 0. The zero-order chi connectivity index (χ0) is 22.8. The van der Waals surface area contributed by atoms with Crippen molar-refractivity contribution in [2.24, 2.45) is 0 Å². The zero-order valence-electron chi connectivity index (χ0n) is 18.0. The van der Waals surface area contributed by atoms with Gasteiger partial charge in [-0.1, -0.05) is 17.8 Å². The maximum absolute atomic E-state index is 13.0. The Hall–Kier alpha value is -2.36. The first-order valence-electron chi connectivity index (χ1n) is 9.49. The quantitative estimate of drug-likeness (QED) is 0.278. The van der Waals surface area contributed by atoms with Gasteiger partial charge in [0.15, 0.2) is 0 Å². The average molecular weight is 477 g/mol. The monoisotopic (exact) mass is 476 g/mol. The van der Waals surface area contributed by atoms with E-state index in [2.05, 4.69) is 4.98 Å². The van der Waals surface area contributed by atoms with Crippen LogP contribution in [0.3, 0.4) is 0 Å². The number of nitrogens with zero attached hydrogens (tertiary/aromatic N) is 2. The number of carbonyl (C=O) groups excluding carboxylic acids is 1. The Morgan fingerprint density at radius 3 is 2.35 bits per heavy atom. The van der Waals surface area contributed by atoms with E-state index in [1.54, 1.807) is 54.2 Å². The van der Waals surface area contributed by atoms with Crippen molar-refractivity contribution in [2.75, 3.05) is 17.6 Å². The first kappa shape index (κ1) is 23.3. The molecule has 31 heavy (non-hydrogen) atoms. The summed E-state index contributed by atoms with van der Waals surface area (Å²) in [5.74, 6) is -0.0266. The fraction of sp³-hybridized carbons (Fsp3) is 0.273. The number of hydrogen-bond acceptors (Lipinski definition) is 7.